The van der Waals surface area contributed by atoms with E-state index in [1.807, 2.05) is 25.1 Å². The number of nitrogens with one attached hydrogen (secondary N) is 1. The molecule has 1 fully saturated rings. The largest absolute Gasteiger partial charge is 0.496 e. The van der Waals surface area contributed by atoms with E-state index in [4.69, 9.17) is 4.74 Å². The molecule has 0 amide bonds. The van der Waals surface area contributed by atoms with Crippen molar-refractivity contribution in [2.75, 3.05) is 13.7 Å². The maximum atomic E-state index is 10.3. The van der Waals surface area contributed by atoms with Gasteiger partial charge >= 0.3 is 0 Å². The number of ether oxygens (including phenoxy) is 1. The minimum absolute atomic E-state index is 0.191. The van der Waals surface area contributed by atoms with Crippen LogP contribution in [-0.2, 0) is 0 Å². The van der Waals surface area contributed by atoms with E-state index in [2.05, 4.69) is 5.32 Å². The van der Waals surface area contributed by atoms with Gasteiger partial charge in [-0.2, -0.15) is 0 Å². The van der Waals surface area contributed by atoms with Crippen LogP contribution in [0.1, 0.15) is 36.5 Å². The van der Waals surface area contributed by atoms with Crippen LogP contribution in [0.5, 0.6) is 5.75 Å². The molecule has 0 aromatic heterocycles. The van der Waals surface area contributed by atoms with Gasteiger partial charge in [0.2, 0.25) is 0 Å². The Morgan fingerprint density at radius 3 is 2.82 bits per heavy atom. The van der Waals surface area contributed by atoms with Gasteiger partial charge in [-0.15, -0.1) is 0 Å². The van der Waals surface area contributed by atoms with Crippen LogP contribution >= 0.6 is 0 Å². The van der Waals surface area contributed by atoms with Crippen molar-refractivity contribution < 1.29 is 9.84 Å². The van der Waals surface area contributed by atoms with Crippen molar-refractivity contribution in [2.45, 2.75) is 38.3 Å². The Labute approximate surface area is 103 Å². The summed E-state index contributed by atoms with van der Waals surface area (Å²) in [6.45, 7) is 3.01. The third-order valence-corrected chi connectivity index (χ3v) is 3.49. The maximum absolute atomic E-state index is 10.3. The lowest BCUT2D eigenvalue weighted by Gasteiger charge is -2.28. The van der Waals surface area contributed by atoms with Crippen molar-refractivity contribution in [2.24, 2.45) is 0 Å². The first-order valence-electron chi connectivity index (χ1n) is 6.28. The summed E-state index contributed by atoms with van der Waals surface area (Å²) < 4.78 is 5.23. The molecule has 1 saturated heterocycles. The maximum Gasteiger partial charge on any atom is 0.121 e. The Hall–Kier alpha value is -1.06. The van der Waals surface area contributed by atoms with E-state index in [9.17, 15) is 5.11 Å². The second-order valence-electron chi connectivity index (χ2n) is 4.73. The third kappa shape index (κ3) is 2.79. The number of piperidine rings is 1. The van der Waals surface area contributed by atoms with Crippen LogP contribution in [0, 0.1) is 6.92 Å². The van der Waals surface area contributed by atoms with Gasteiger partial charge in [-0.1, -0.05) is 12.5 Å². The summed E-state index contributed by atoms with van der Waals surface area (Å²) in [5.74, 6) is 0.873. The molecular formula is C14H21NO2. The quantitative estimate of drug-likeness (QED) is 0.843. The van der Waals surface area contributed by atoms with Gasteiger partial charge in [0.15, 0.2) is 0 Å². The van der Waals surface area contributed by atoms with Crippen molar-refractivity contribution in [1.82, 2.24) is 5.32 Å². The van der Waals surface area contributed by atoms with Gasteiger partial charge in [-0.25, -0.2) is 0 Å². The van der Waals surface area contributed by atoms with Crippen LogP contribution in [-0.4, -0.2) is 24.8 Å². The minimum atomic E-state index is -0.417. The van der Waals surface area contributed by atoms with Gasteiger partial charge in [-0.3, -0.25) is 0 Å². The van der Waals surface area contributed by atoms with Gasteiger partial charge in [0.1, 0.15) is 5.75 Å². The smallest absolute Gasteiger partial charge is 0.121 e. The van der Waals surface area contributed by atoms with E-state index in [1.54, 1.807) is 7.11 Å². The first-order chi connectivity index (χ1) is 8.22. The molecule has 2 unspecified atom stereocenters. The SMILES string of the molecule is COc1ccc(C(O)C2CCCCN2)cc1C. The highest BCUT2D eigenvalue weighted by Gasteiger charge is 2.22. The zero-order chi connectivity index (χ0) is 12.3. The van der Waals surface area contributed by atoms with Crippen LogP contribution < -0.4 is 10.1 Å². The molecule has 0 spiro atoms. The molecule has 1 aromatic rings. The molecule has 1 aliphatic heterocycles. The minimum Gasteiger partial charge on any atom is -0.496 e. The van der Waals surface area contributed by atoms with Crippen LogP contribution in [0.4, 0.5) is 0 Å². The number of benzene rings is 1. The standard InChI is InChI=1S/C14H21NO2/c1-10-9-11(6-7-13(10)17-2)14(16)12-5-3-4-8-15-12/h6-7,9,12,14-16H,3-5,8H2,1-2H3. The molecule has 1 heterocycles. The number of aryl methyl sites for hydroxylation is 1. The predicted octanol–water partition coefficient (Wildman–Crippen LogP) is 2.18. The van der Waals surface area contributed by atoms with Gasteiger partial charge in [0.25, 0.3) is 0 Å². The summed E-state index contributed by atoms with van der Waals surface area (Å²) in [7, 11) is 1.67. The Balaban J connectivity index is 2.12. The molecule has 94 valence electrons. The summed E-state index contributed by atoms with van der Waals surface area (Å²) in [6.07, 6.45) is 3.04. The second-order valence-corrected chi connectivity index (χ2v) is 4.73. The van der Waals surface area contributed by atoms with Crippen LogP contribution in [0.3, 0.4) is 0 Å². The van der Waals surface area contributed by atoms with E-state index >= 15 is 0 Å². The predicted molar refractivity (Wildman–Crippen MR) is 68.3 cm³/mol. The molecule has 2 rings (SSSR count). The molecule has 0 radical (unpaired) electrons. The molecule has 3 heteroatoms. The fourth-order valence-corrected chi connectivity index (χ4v) is 2.47. The lowest BCUT2D eigenvalue weighted by molar-refractivity contribution is 0.114. The second kappa shape index (κ2) is 5.52. The Bertz CT molecular complexity index is 372. The van der Waals surface area contributed by atoms with E-state index in [0.29, 0.717) is 0 Å². The summed E-state index contributed by atoms with van der Waals surface area (Å²) in [4.78, 5) is 0. The first-order valence-corrected chi connectivity index (χ1v) is 6.28. The monoisotopic (exact) mass is 235 g/mol. The summed E-state index contributed by atoms with van der Waals surface area (Å²) in [5.41, 5.74) is 2.04. The number of hydrogen-bond donors (Lipinski definition) is 2. The van der Waals surface area contributed by atoms with Crippen LogP contribution in [0.15, 0.2) is 18.2 Å². The number of hydrogen-bond acceptors (Lipinski definition) is 3. The zero-order valence-electron chi connectivity index (χ0n) is 10.6. The van der Waals surface area contributed by atoms with Crippen LogP contribution in [0.2, 0.25) is 0 Å². The molecule has 1 aromatic carbocycles. The van der Waals surface area contributed by atoms with Gasteiger partial charge in [-0.05, 0) is 49.6 Å². The highest BCUT2D eigenvalue weighted by atomic mass is 16.5. The van der Waals surface area contributed by atoms with Crippen molar-refractivity contribution in [3.63, 3.8) is 0 Å². The lowest BCUT2D eigenvalue weighted by atomic mass is 9.94. The highest BCUT2D eigenvalue weighted by molar-refractivity contribution is 5.37. The fraction of sp³-hybridized carbons (Fsp3) is 0.571. The number of aliphatic hydroxyl groups excluding tert-OH is 1. The molecule has 17 heavy (non-hydrogen) atoms. The van der Waals surface area contributed by atoms with Crippen molar-refractivity contribution in [3.8, 4) is 5.75 Å². The van der Waals surface area contributed by atoms with Gasteiger partial charge < -0.3 is 15.2 Å². The molecule has 0 bridgehead atoms. The normalized spacial score (nSPS) is 22.2. The third-order valence-electron chi connectivity index (χ3n) is 3.49. The Morgan fingerprint density at radius 1 is 1.41 bits per heavy atom. The van der Waals surface area contributed by atoms with Crippen molar-refractivity contribution in [1.29, 1.82) is 0 Å². The van der Waals surface area contributed by atoms with Crippen molar-refractivity contribution in [3.05, 3.63) is 29.3 Å². The average Bonchev–Trinajstić information content (AvgIpc) is 2.39. The Kier molecular flexibility index (Phi) is 4.02. The molecule has 2 atom stereocenters. The van der Waals surface area contributed by atoms with Gasteiger partial charge in [0.05, 0.1) is 13.2 Å². The number of aliphatic hydroxyl groups is 1. The first kappa shape index (κ1) is 12.4. The molecular weight excluding hydrogens is 214 g/mol. The highest BCUT2D eigenvalue weighted by Crippen LogP contribution is 2.26. The number of methoxy groups -OCH3 is 1. The van der Waals surface area contributed by atoms with E-state index < -0.39 is 6.10 Å². The van der Waals surface area contributed by atoms with E-state index in [-0.39, 0.29) is 6.04 Å². The van der Waals surface area contributed by atoms with E-state index in [1.165, 1.54) is 12.8 Å². The lowest BCUT2D eigenvalue weighted by Crippen LogP contribution is -2.38. The fourth-order valence-electron chi connectivity index (χ4n) is 2.47. The molecule has 0 saturated carbocycles. The van der Waals surface area contributed by atoms with Gasteiger partial charge in [0, 0.05) is 6.04 Å². The van der Waals surface area contributed by atoms with Crippen LogP contribution in [0.25, 0.3) is 0 Å². The molecule has 3 nitrogen and oxygen atoms in total. The number of rotatable bonds is 3. The molecule has 2 N–H and O–H groups in total. The topological polar surface area (TPSA) is 41.5 Å². The summed E-state index contributed by atoms with van der Waals surface area (Å²) in [5, 5.41) is 13.7. The van der Waals surface area contributed by atoms with E-state index in [0.717, 1.165) is 29.8 Å². The summed E-state index contributed by atoms with van der Waals surface area (Å²) >= 11 is 0. The summed E-state index contributed by atoms with van der Waals surface area (Å²) in [6, 6.07) is 6.08. The van der Waals surface area contributed by atoms with Crippen molar-refractivity contribution >= 4 is 0 Å². The average molecular weight is 235 g/mol. The Morgan fingerprint density at radius 2 is 2.24 bits per heavy atom. The molecule has 0 aliphatic carbocycles. The molecule has 1 aliphatic rings. The zero-order valence-corrected chi connectivity index (χ0v) is 10.6.